The van der Waals surface area contributed by atoms with Gasteiger partial charge in [-0.25, -0.2) is 4.98 Å². The van der Waals surface area contributed by atoms with Crippen molar-refractivity contribution in [2.45, 2.75) is 45.1 Å². The number of rotatable bonds is 6. The zero-order chi connectivity index (χ0) is 26.6. The normalized spacial score (nSPS) is 11.1. The van der Waals surface area contributed by atoms with E-state index in [1.165, 1.54) is 17.3 Å². The number of carbonyl (C=O) groups is 1. The third kappa shape index (κ3) is 6.47. The van der Waals surface area contributed by atoms with Crippen LogP contribution in [-0.4, -0.2) is 16.6 Å². The number of hydrogen-bond donors (Lipinski definition) is 1. The summed E-state index contributed by atoms with van der Waals surface area (Å²) in [7, 11) is 0. The Labute approximate surface area is 223 Å². The third-order valence-corrected chi connectivity index (χ3v) is 7.05. The summed E-state index contributed by atoms with van der Waals surface area (Å²) in [6, 6.07) is 28.6. The predicted octanol–water partition coefficient (Wildman–Crippen LogP) is 7.93. The molecular formula is C32H31N3OS. The van der Waals surface area contributed by atoms with Crippen LogP contribution in [0.3, 0.4) is 0 Å². The van der Waals surface area contributed by atoms with E-state index in [2.05, 4.69) is 62.5 Å². The Hall–Kier alpha value is -3.88. The molecule has 1 aromatic heterocycles. The Balaban J connectivity index is 1.69. The van der Waals surface area contributed by atoms with E-state index in [1.807, 2.05) is 62.4 Å². The monoisotopic (exact) mass is 505 g/mol. The van der Waals surface area contributed by atoms with Gasteiger partial charge in [0.05, 0.1) is 17.0 Å². The molecule has 1 amide bonds. The molecule has 0 fully saturated rings. The number of thioether (sulfide) groups is 1. The predicted molar refractivity (Wildman–Crippen MR) is 154 cm³/mol. The summed E-state index contributed by atoms with van der Waals surface area (Å²) < 4.78 is 0. The molecule has 4 rings (SSSR count). The maximum Gasteiger partial charge on any atom is 0.234 e. The number of nitrogens with one attached hydrogen (secondary N) is 1. The molecule has 0 aliphatic rings. The Bertz CT molecular complexity index is 1440. The lowest BCUT2D eigenvalue weighted by molar-refractivity contribution is -0.113. The average molecular weight is 506 g/mol. The quantitative estimate of drug-likeness (QED) is 0.270. The third-order valence-electron chi connectivity index (χ3n) is 6.07. The fraction of sp³-hybridized carbons (Fsp3) is 0.219. The standard InChI is InChI=1S/C32H31N3OS/c1-21-15-22(2)17-26(16-21)34-30(36)20-37-31-28(19-33)27(18-29(35-31)24-9-7-6-8-10-24)23-11-13-25(14-12-23)32(3,4)5/h6-18H,20H2,1-5H3,(H,34,36). The Morgan fingerprint density at radius 1 is 0.919 bits per heavy atom. The van der Waals surface area contributed by atoms with Crippen LogP contribution in [0.4, 0.5) is 5.69 Å². The lowest BCUT2D eigenvalue weighted by Gasteiger charge is -2.19. The summed E-state index contributed by atoms with van der Waals surface area (Å²) in [6.07, 6.45) is 0. The minimum absolute atomic E-state index is 0.0360. The molecular weight excluding hydrogens is 474 g/mol. The van der Waals surface area contributed by atoms with Crippen molar-refractivity contribution in [2.24, 2.45) is 0 Å². The van der Waals surface area contributed by atoms with Crippen molar-refractivity contribution in [1.82, 2.24) is 4.98 Å². The summed E-state index contributed by atoms with van der Waals surface area (Å²) in [5, 5.41) is 13.7. The van der Waals surface area contributed by atoms with E-state index >= 15 is 0 Å². The second kappa shape index (κ2) is 11.0. The SMILES string of the molecule is Cc1cc(C)cc(NC(=O)CSc2nc(-c3ccccc3)cc(-c3ccc(C(C)(C)C)cc3)c2C#N)c1. The molecule has 1 N–H and O–H groups in total. The van der Waals surface area contributed by atoms with Crippen LogP contribution >= 0.6 is 11.8 Å². The lowest BCUT2D eigenvalue weighted by Crippen LogP contribution is -2.14. The molecule has 4 nitrogen and oxygen atoms in total. The largest absolute Gasteiger partial charge is 0.325 e. The van der Waals surface area contributed by atoms with E-state index < -0.39 is 0 Å². The van der Waals surface area contributed by atoms with Crippen molar-refractivity contribution in [2.75, 3.05) is 11.1 Å². The molecule has 5 heteroatoms. The molecule has 0 bridgehead atoms. The van der Waals surface area contributed by atoms with Gasteiger partial charge in [0.1, 0.15) is 11.1 Å². The second-order valence-corrected chi connectivity index (χ2v) is 11.2. The van der Waals surface area contributed by atoms with Crippen molar-refractivity contribution in [1.29, 1.82) is 5.26 Å². The van der Waals surface area contributed by atoms with Gasteiger partial charge in [-0.2, -0.15) is 5.26 Å². The number of aryl methyl sites for hydroxylation is 2. The first-order chi connectivity index (χ1) is 17.6. The summed E-state index contributed by atoms with van der Waals surface area (Å²) in [4.78, 5) is 17.6. The van der Waals surface area contributed by atoms with E-state index in [0.29, 0.717) is 10.6 Å². The first kappa shape index (κ1) is 26.2. The van der Waals surface area contributed by atoms with E-state index in [0.717, 1.165) is 39.2 Å². The van der Waals surface area contributed by atoms with Crippen LogP contribution in [-0.2, 0) is 10.2 Å². The number of anilines is 1. The van der Waals surface area contributed by atoms with E-state index in [-0.39, 0.29) is 17.1 Å². The molecule has 0 saturated heterocycles. The highest BCUT2D eigenvalue weighted by Crippen LogP contribution is 2.35. The fourth-order valence-electron chi connectivity index (χ4n) is 4.25. The Kier molecular flexibility index (Phi) is 7.80. The first-order valence-electron chi connectivity index (χ1n) is 12.3. The highest BCUT2D eigenvalue weighted by molar-refractivity contribution is 8.00. The van der Waals surface area contributed by atoms with Gasteiger partial charge in [0.15, 0.2) is 0 Å². The molecule has 0 unspecified atom stereocenters. The molecule has 0 radical (unpaired) electrons. The Morgan fingerprint density at radius 3 is 2.16 bits per heavy atom. The lowest BCUT2D eigenvalue weighted by atomic mass is 9.86. The number of pyridine rings is 1. The number of aromatic nitrogens is 1. The Morgan fingerprint density at radius 2 is 1.57 bits per heavy atom. The zero-order valence-electron chi connectivity index (χ0n) is 21.9. The van der Waals surface area contributed by atoms with Crippen molar-refractivity contribution in [3.8, 4) is 28.5 Å². The van der Waals surface area contributed by atoms with Gasteiger partial charge >= 0.3 is 0 Å². The van der Waals surface area contributed by atoms with Gasteiger partial charge in [-0.3, -0.25) is 4.79 Å². The zero-order valence-corrected chi connectivity index (χ0v) is 22.7. The number of nitrogens with zero attached hydrogens (tertiary/aromatic N) is 2. The summed E-state index contributed by atoms with van der Waals surface area (Å²) >= 11 is 1.29. The molecule has 4 aromatic rings. The molecule has 0 atom stereocenters. The molecule has 0 aliphatic carbocycles. The maximum absolute atomic E-state index is 12.8. The molecule has 1 heterocycles. The van der Waals surface area contributed by atoms with Gasteiger partial charge in [-0.05, 0) is 59.7 Å². The maximum atomic E-state index is 12.8. The van der Waals surface area contributed by atoms with Crippen LogP contribution in [0.25, 0.3) is 22.4 Å². The minimum Gasteiger partial charge on any atom is -0.325 e. The van der Waals surface area contributed by atoms with Gasteiger partial charge in [0.25, 0.3) is 0 Å². The number of benzene rings is 3. The topological polar surface area (TPSA) is 65.8 Å². The number of carbonyl (C=O) groups excluding carboxylic acids is 1. The first-order valence-corrected chi connectivity index (χ1v) is 13.2. The van der Waals surface area contributed by atoms with Crippen LogP contribution in [0, 0.1) is 25.2 Å². The van der Waals surface area contributed by atoms with Crippen LogP contribution in [0.1, 0.15) is 43.0 Å². The highest BCUT2D eigenvalue weighted by atomic mass is 32.2. The summed E-state index contributed by atoms with van der Waals surface area (Å²) in [6.45, 7) is 10.6. The van der Waals surface area contributed by atoms with Crippen molar-refractivity contribution in [3.63, 3.8) is 0 Å². The second-order valence-electron chi connectivity index (χ2n) is 10.3. The summed E-state index contributed by atoms with van der Waals surface area (Å²) in [5.74, 6) is 0.0110. The molecule has 37 heavy (non-hydrogen) atoms. The van der Waals surface area contributed by atoms with Gasteiger partial charge in [0.2, 0.25) is 5.91 Å². The molecule has 186 valence electrons. The number of amides is 1. The van der Waals surface area contributed by atoms with Crippen LogP contribution < -0.4 is 5.32 Å². The molecule has 0 aliphatic heterocycles. The highest BCUT2D eigenvalue weighted by Gasteiger charge is 2.19. The van der Waals surface area contributed by atoms with Gasteiger partial charge in [-0.1, -0.05) is 93.2 Å². The smallest absolute Gasteiger partial charge is 0.234 e. The number of hydrogen-bond acceptors (Lipinski definition) is 4. The van der Waals surface area contributed by atoms with Gasteiger partial charge in [0, 0.05) is 16.8 Å². The van der Waals surface area contributed by atoms with E-state index in [1.54, 1.807) is 0 Å². The average Bonchev–Trinajstić information content (AvgIpc) is 2.86. The van der Waals surface area contributed by atoms with Gasteiger partial charge in [-0.15, -0.1) is 0 Å². The van der Waals surface area contributed by atoms with E-state index in [9.17, 15) is 10.1 Å². The minimum atomic E-state index is -0.137. The molecule has 3 aromatic carbocycles. The summed E-state index contributed by atoms with van der Waals surface area (Å²) in [5.41, 5.74) is 8.19. The van der Waals surface area contributed by atoms with Gasteiger partial charge < -0.3 is 5.32 Å². The van der Waals surface area contributed by atoms with E-state index in [4.69, 9.17) is 4.98 Å². The molecule has 0 saturated carbocycles. The van der Waals surface area contributed by atoms with Crippen LogP contribution in [0.15, 0.2) is 83.9 Å². The van der Waals surface area contributed by atoms with Crippen LogP contribution in [0.2, 0.25) is 0 Å². The van der Waals surface area contributed by atoms with Crippen molar-refractivity contribution >= 4 is 23.4 Å². The number of nitriles is 1. The van der Waals surface area contributed by atoms with Crippen molar-refractivity contribution < 1.29 is 4.79 Å². The van der Waals surface area contributed by atoms with Crippen LogP contribution in [0.5, 0.6) is 0 Å². The fourth-order valence-corrected chi connectivity index (χ4v) is 5.05. The molecule has 0 spiro atoms. The van der Waals surface area contributed by atoms with Crippen molar-refractivity contribution in [3.05, 3.63) is 101 Å².